The van der Waals surface area contributed by atoms with Crippen molar-refractivity contribution in [2.75, 3.05) is 19.6 Å². The fraction of sp³-hybridized carbons (Fsp3) is 0.471. The average Bonchev–Trinajstić information content (AvgIpc) is 2.97. The Labute approximate surface area is 134 Å². The molecule has 1 aromatic carbocycles. The van der Waals surface area contributed by atoms with Gasteiger partial charge < -0.3 is 15.3 Å². The quantitative estimate of drug-likeness (QED) is 0.911. The molecule has 0 aliphatic carbocycles. The van der Waals surface area contributed by atoms with E-state index in [2.05, 4.69) is 23.5 Å². The molecule has 1 amide bonds. The van der Waals surface area contributed by atoms with Gasteiger partial charge in [-0.3, -0.25) is 4.79 Å². The molecule has 1 aromatic heterocycles. The van der Waals surface area contributed by atoms with Gasteiger partial charge in [-0.15, -0.1) is 11.3 Å². The van der Waals surface area contributed by atoms with Crippen LogP contribution < -0.4 is 5.32 Å². The van der Waals surface area contributed by atoms with Gasteiger partial charge in [0.25, 0.3) is 0 Å². The van der Waals surface area contributed by atoms with Crippen molar-refractivity contribution < 1.29 is 9.90 Å². The van der Waals surface area contributed by atoms with Crippen molar-refractivity contribution >= 4 is 27.3 Å². The molecule has 0 saturated carbocycles. The average molecular weight is 318 g/mol. The van der Waals surface area contributed by atoms with Crippen molar-refractivity contribution in [1.82, 2.24) is 10.2 Å². The van der Waals surface area contributed by atoms with Crippen LogP contribution in [0.25, 0.3) is 10.1 Å². The van der Waals surface area contributed by atoms with Crippen molar-refractivity contribution in [1.29, 1.82) is 0 Å². The highest BCUT2D eigenvalue weighted by molar-refractivity contribution is 7.19. The van der Waals surface area contributed by atoms with Crippen LogP contribution in [-0.2, 0) is 4.79 Å². The minimum Gasteiger partial charge on any atom is -0.386 e. The lowest BCUT2D eigenvalue weighted by Gasteiger charge is -2.32. The first kappa shape index (κ1) is 15.5. The number of nitrogens with one attached hydrogen (secondary N) is 1. The molecule has 5 heteroatoms. The van der Waals surface area contributed by atoms with Crippen LogP contribution in [0.3, 0.4) is 0 Å². The molecule has 22 heavy (non-hydrogen) atoms. The number of carbonyl (C=O) groups excluding carboxylic acids is 1. The summed E-state index contributed by atoms with van der Waals surface area (Å²) in [6, 6.07) is 10.7. The number of likely N-dealkylation sites (tertiary alicyclic amines) is 1. The number of thiophene rings is 1. The van der Waals surface area contributed by atoms with E-state index < -0.39 is 6.10 Å². The minimum absolute atomic E-state index is 0.156. The minimum atomic E-state index is -0.469. The first-order valence-corrected chi connectivity index (χ1v) is 8.60. The van der Waals surface area contributed by atoms with E-state index in [1.54, 1.807) is 18.3 Å². The van der Waals surface area contributed by atoms with E-state index in [0.717, 1.165) is 30.8 Å². The number of piperidine rings is 1. The number of carbonyl (C=O) groups is 1. The van der Waals surface area contributed by atoms with E-state index >= 15 is 0 Å². The second kappa shape index (κ2) is 6.77. The molecule has 1 unspecified atom stereocenters. The first-order valence-electron chi connectivity index (χ1n) is 7.79. The zero-order valence-corrected chi connectivity index (χ0v) is 13.6. The number of aliphatic hydroxyl groups excluding tert-OH is 1. The fourth-order valence-electron chi connectivity index (χ4n) is 2.94. The SMILES string of the molecule is CC(=O)N1CCC(NCC(O)c2cc3ccccc3s2)CC1. The monoisotopic (exact) mass is 318 g/mol. The summed E-state index contributed by atoms with van der Waals surface area (Å²) in [7, 11) is 0. The molecule has 1 aliphatic heterocycles. The van der Waals surface area contributed by atoms with Crippen molar-refractivity contribution in [3.05, 3.63) is 35.2 Å². The summed E-state index contributed by atoms with van der Waals surface area (Å²) in [6.45, 7) is 3.81. The maximum Gasteiger partial charge on any atom is 0.219 e. The van der Waals surface area contributed by atoms with Crippen LogP contribution in [0.2, 0.25) is 0 Å². The number of nitrogens with zero attached hydrogens (tertiary/aromatic N) is 1. The summed E-state index contributed by atoms with van der Waals surface area (Å²) >= 11 is 1.65. The Morgan fingerprint density at radius 3 is 2.82 bits per heavy atom. The van der Waals surface area contributed by atoms with Gasteiger partial charge in [-0.2, -0.15) is 0 Å². The second-order valence-electron chi connectivity index (χ2n) is 5.89. The molecular formula is C17H22N2O2S. The molecule has 3 rings (SSSR count). The molecule has 0 bridgehead atoms. The number of hydrogen-bond acceptors (Lipinski definition) is 4. The van der Waals surface area contributed by atoms with Crippen LogP contribution in [0, 0.1) is 0 Å². The zero-order chi connectivity index (χ0) is 15.5. The van der Waals surface area contributed by atoms with E-state index in [-0.39, 0.29) is 5.91 Å². The molecule has 2 heterocycles. The molecule has 1 fully saturated rings. The van der Waals surface area contributed by atoms with Crippen molar-refractivity contribution in [2.24, 2.45) is 0 Å². The summed E-state index contributed by atoms with van der Waals surface area (Å²) in [4.78, 5) is 14.2. The van der Waals surface area contributed by atoms with Gasteiger partial charge in [0.1, 0.15) is 6.10 Å². The summed E-state index contributed by atoms with van der Waals surface area (Å²) in [5.41, 5.74) is 0. The Balaban J connectivity index is 1.52. The van der Waals surface area contributed by atoms with E-state index in [0.29, 0.717) is 12.6 Å². The molecule has 2 aromatic rings. The molecule has 4 nitrogen and oxygen atoms in total. The van der Waals surface area contributed by atoms with E-state index in [1.165, 1.54) is 10.1 Å². The summed E-state index contributed by atoms with van der Waals surface area (Å²) in [5, 5.41) is 15.0. The van der Waals surface area contributed by atoms with Crippen LogP contribution in [0.4, 0.5) is 0 Å². The first-order chi connectivity index (χ1) is 10.6. The third-order valence-corrected chi connectivity index (χ3v) is 5.53. The van der Waals surface area contributed by atoms with Crippen molar-refractivity contribution in [3.8, 4) is 0 Å². The van der Waals surface area contributed by atoms with Gasteiger partial charge in [0, 0.05) is 42.2 Å². The van der Waals surface area contributed by atoms with Gasteiger partial charge >= 0.3 is 0 Å². The predicted molar refractivity (Wildman–Crippen MR) is 90.1 cm³/mol. The number of benzene rings is 1. The third-order valence-electron chi connectivity index (χ3n) is 4.31. The van der Waals surface area contributed by atoms with Crippen molar-refractivity contribution in [3.63, 3.8) is 0 Å². The van der Waals surface area contributed by atoms with Gasteiger partial charge in [0.15, 0.2) is 0 Å². The molecule has 1 aliphatic rings. The highest BCUT2D eigenvalue weighted by Gasteiger charge is 2.21. The van der Waals surface area contributed by atoms with Gasteiger partial charge in [-0.1, -0.05) is 18.2 Å². The van der Waals surface area contributed by atoms with Gasteiger partial charge in [0.05, 0.1) is 0 Å². The number of aliphatic hydroxyl groups is 1. The largest absolute Gasteiger partial charge is 0.386 e. The van der Waals surface area contributed by atoms with Crippen molar-refractivity contribution in [2.45, 2.75) is 31.9 Å². The number of amides is 1. The summed E-state index contributed by atoms with van der Waals surface area (Å²) < 4.78 is 1.21. The van der Waals surface area contributed by atoms with Gasteiger partial charge in [-0.25, -0.2) is 0 Å². The summed E-state index contributed by atoms with van der Waals surface area (Å²) in [5.74, 6) is 0.156. The highest BCUT2D eigenvalue weighted by Crippen LogP contribution is 2.29. The molecule has 1 saturated heterocycles. The Morgan fingerprint density at radius 1 is 1.41 bits per heavy atom. The Morgan fingerprint density at radius 2 is 2.14 bits per heavy atom. The number of fused-ring (bicyclic) bond motifs is 1. The Hall–Kier alpha value is -1.43. The Kier molecular flexibility index (Phi) is 4.76. The molecule has 2 N–H and O–H groups in total. The van der Waals surface area contributed by atoms with Crippen LogP contribution in [0.1, 0.15) is 30.7 Å². The topological polar surface area (TPSA) is 52.6 Å². The molecule has 0 spiro atoms. The van der Waals surface area contributed by atoms with Crippen LogP contribution in [0.15, 0.2) is 30.3 Å². The lowest BCUT2D eigenvalue weighted by atomic mass is 10.0. The zero-order valence-electron chi connectivity index (χ0n) is 12.8. The van der Waals surface area contributed by atoms with Gasteiger partial charge in [-0.05, 0) is 30.4 Å². The smallest absolute Gasteiger partial charge is 0.219 e. The second-order valence-corrected chi connectivity index (χ2v) is 7.01. The lowest BCUT2D eigenvalue weighted by molar-refractivity contribution is -0.129. The van der Waals surface area contributed by atoms with E-state index in [9.17, 15) is 9.90 Å². The third kappa shape index (κ3) is 3.48. The van der Waals surface area contributed by atoms with Crippen LogP contribution >= 0.6 is 11.3 Å². The highest BCUT2D eigenvalue weighted by atomic mass is 32.1. The fourth-order valence-corrected chi connectivity index (χ4v) is 3.99. The molecule has 0 radical (unpaired) electrons. The maximum absolute atomic E-state index is 11.3. The molecule has 118 valence electrons. The Bertz CT molecular complexity index is 614. The maximum atomic E-state index is 11.3. The summed E-state index contributed by atoms with van der Waals surface area (Å²) in [6.07, 6.45) is 1.44. The number of rotatable bonds is 4. The predicted octanol–water partition coefficient (Wildman–Crippen LogP) is 2.54. The van der Waals surface area contributed by atoms with E-state index in [4.69, 9.17) is 0 Å². The number of hydrogen-bond donors (Lipinski definition) is 2. The molecule has 1 atom stereocenters. The standard InChI is InChI=1S/C17H22N2O2S/c1-12(20)19-8-6-14(7-9-19)18-11-15(21)17-10-13-4-2-3-5-16(13)22-17/h2-5,10,14-15,18,21H,6-9,11H2,1H3. The van der Waals surface area contributed by atoms with Crippen LogP contribution in [0.5, 0.6) is 0 Å². The molecular weight excluding hydrogens is 296 g/mol. The lowest BCUT2D eigenvalue weighted by Crippen LogP contribution is -2.45. The normalized spacial score (nSPS) is 17.8. The van der Waals surface area contributed by atoms with E-state index in [1.807, 2.05) is 17.0 Å². The van der Waals surface area contributed by atoms with Crippen LogP contribution in [-0.4, -0.2) is 41.6 Å². The van der Waals surface area contributed by atoms with Gasteiger partial charge in [0.2, 0.25) is 5.91 Å².